The van der Waals surface area contributed by atoms with E-state index in [1.54, 1.807) is 25.1 Å². The number of nitrogens with zero attached hydrogens (tertiary/aromatic N) is 1. The Morgan fingerprint density at radius 3 is 2.39 bits per heavy atom. The first kappa shape index (κ1) is 24.5. The number of ether oxygens (including phenoxy) is 2. The maximum atomic E-state index is 13.1. The molecule has 4 rings (SSSR count). The van der Waals surface area contributed by atoms with Crippen molar-refractivity contribution in [2.45, 2.75) is 13.3 Å². The first-order valence-electron chi connectivity index (χ1n) is 11.1. The Labute approximate surface area is 206 Å². The van der Waals surface area contributed by atoms with Crippen molar-refractivity contribution < 1.29 is 23.6 Å². The number of amides is 1. The molecule has 9 nitrogen and oxygen atoms in total. The van der Waals surface area contributed by atoms with Gasteiger partial charge in [-0.05, 0) is 31.5 Å². The van der Waals surface area contributed by atoms with Crippen LogP contribution in [0.4, 0.5) is 5.69 Å². The Morgan fingerprint density at radius 2 is 1.72 bits per heavy atom. The zero-order chi connectivity index (χ0) is 25.8. The minimum absolute atomic E-state index is 0.104. The number of carbonyl (C=O) groups excluding carboxylic acids is 1. The van der Waals surface area contributed by atoms with Crippen molar-refractivity contribution in [2.24, 2.45) is 0 Å². The third kappa shape index (κ3) is 4.63. The number of nitrogens with one attached hydrogen (secondary N) is 1. The van der Waals surface area contributed by atoms with Gasteiger partial charge in [0.2, 0.25) is 0 Å². The second-order valence-electron chi connectivity index (χ2n) is 8.03. The van der Waals surface area contributed by atoms with Gasteiger partial charge in [0.05, 0.1) is 36.2 Å². The summed E-state index contributed by atoms with van der Waals surface area (Å²) in [4.78, 5) is 37.2. The fourth-order valence-corrected chi connectivity index (χ4v) is 4.04. The number of hydrogen-bond acceptors (Lipinski definition) is 7. The summed E-state index contributed by atoms with van der Waals surface area (Å²) in [7, 11) is 2.84. The van der Waals surface area contributed by atoms with Gasteiger partial charge in [-0.25, -0.2) is 0 Å². The Bertz CT molecular complexity index is 1510. The van der Waals surface area contributed by atoms with Gasteiger partial charge in [-0.3, -0.25) is 19.7 Å². The van der Waals surface area contributed by atoms with Crippen LogP contribution in [0.3, 0.4) is 0 Å². The summed E-state index contributed by atoms with van der Waals surface area (Å²) in [5.41, 5.74) is 1.58. The molecule has 0 fully saturated rings. The molecule has 1 heterocycles. The van der Waals surface area contributed by atoms with E-state index in [1.165, 1.54) is 26.4 Å². The van der Waals surface area contributed by atoms with Crippen molar-refractivity contribution in [1.29, 1.82) is 0 Å². The summed E-state index contributed by atoms with van der Waals surface area (Å²) in [5.74, 6) is 0.528. The number of carbonyl (C=O) groups is 1. The second-order valence-corrected chi connectivity index (χ2v) is 8.03. The van der Waals surface area contributed by atoms with Crippen LogP contribution in [0, 0.1) is 17.0 Å². The van der Waals surface area contributed by atoms with E-state index < -0.39 is 10.8 Å². The molecule has 0 aliphatic heterocycles. The molecule has 9 heteroatoms. The first-order chi connectivity index (χ1) is 17.3. The van der Waals surface area contributed by atoms with E-state index in [0.29, 0.717) is 28.0 Å². The van der Waals surface area contributed by atoms with E-state index in [2.05, 4.69) is 5.32 Å². The first-order valence-corrected chi connectivity index (χ1v) is 11.1. The van der Waals surface area contributed by atoms with Crippen LogP contribution in [0.5, 0.6) is 11.5 Å². The van der Waals surface area contributed by atoms with E-state index in [4.69, 9.17) is 13.9 Å². The van der Waals surface area contributed by atoms with Gasteiger partial charge in [-0.2, -0.15) is 0 Å². The normalized spacial score (nSPS) is 10.8. The van der Waals surface area contributed by atoms with Gasteiger partial charge in [0.15, 0.2) is 22.5 Å². The number of hydrogen-bond donors (Lipinski definition) is 1. The van der Waals surface area contributed by atoms with E-state index in [9.17, 15) is 19.7 Å². The molecule has 1 amide bonds. The summed E-state index contributed by atoms with van der Waals surface area (Å²) in [6, 6.07) is 16.8. The average molecular weight is 488 g/mol. The molecule has 0 unspecified atom stereocenters. The highest BCUT2D eigenvalue weighted by molar-refractivity contribution is 6.05. The smallest absolute Gasteiger partial charge is 0.276 e. The topological polar surface area (TPSA) is 121 Å². The minimum atomic E-state index is -0.508. The molecule has 0 saturated heterocycles. The molecule has 0 aliphatic rings. The number of fused-ring (bicyclic) bond motifs is 1. The number of nitro groups is 1. The van der Waals surface area contributed by atoms with Crippen molar-refractivity contribution in [3.8, 4) is 22.8 Å². The molecule has 36 heavy (non-hydrogen) atoms. The quantitative estimate of drug-likeness (QED) is 0.283. The van der Waals surface area contributed by atoms with Gasteiger partial charge >= 0.3 is 0 Å². The van der Waals surface area contributed by atoms with Crippen LogP contribution >= 0.6 is 0 Å². The van der Waals surface area contributed by atoms with Crippen LogP contribution in [0.1, 0.15) is 21.5 Å². The van der Waals surface area contributed by atoms with Crippen LogP contribution < -0.4 is 20.2 Å². The molecule has 0 radical (unpaired) electrons. The predicted octanol–water partition coefficient (Wildman–Crippen LogP) is 4.67. The lowest BCUT2D eigenvalue weighted by Gasteiger charge is -2.12. The van der Waals surface area contributed by atoms with E-state index in [-0.39, 0.29) is 41.0 Å². The van der Waals surface area contributed by atoms with Crippen molar-refractivity contribution in [3.63, 3.8) is 0 Å². The lowest BCUT2D eigenvalue weighted by atomic mass is 10.0. The molecule has 0 aliphatic carbocycles. The van der Waals surface area contributed by atoms with Gasteiger partial charge in [0, 0.05) is 23.2 Å². The molecule has 3 aromatic carbocycles. The van der Waals surface area contributed by atoms with Crippen molar-refractivity contribution >= 4 is 22.6 Å². The number of nitro benzene ring substituents is 1. The van der Waals surface area contributed by atoms with Crippen molar-refractivity contribution in [2.75, 3.05) is 20.8 Å². The van der Waals surface area contributed by atoms with Crippen LogP contribution in [0.25, 0.3) is 22.3 Å². The number of rotatable bonds is 8. The number of para-hydroxylation sites is 1. The Balaban J connectivity index is 1.63. The van der Waals surface area contributed by atoms with Crippen LogP contribution in [-0.4, -0.2) is 31.6 Å². The van der Waals surface area contributed by atoms with Crippen molar-refractivity contribution in [1.82, 2.24) is 5.32 Å². The van der Waals surface area contributed by atoms with E-state index in [0.717, 1.165) is 5.56 Å². The highest BCUT2D eigenvalue weighted by Gasteiger charge is 2.21. The minimum Gasteiger partial charge on any atom is -0.493 e. The molecule has 0 bridgehead atoms. The van der Waals surface area contributed by atoms with E-state index in [1.807, 2.05) is 30.3 Å². The fourth-order valence-electron chi connectivity index (χ4n) is 4.04. The van der Waals surface area contributed by atoms with Gasteiger partial charge in [0.1, 0.15) is 5.76 Å². The molecular weight excluding hydrogens is 464 g/mol. The fraction of sp³-hybridized carbons (Fsp3) is 0.185. The Kier molecular flexibility index (Phi) is 7.00. The highest BCUT2D eigenvalue weighted by Crippen LogP contribution is 2.34. The molecule has 0 spiro atoms. The standard InChI is InChI=1S/C27H24N2O7/c1-16-24(30)19-10-7-11-20(26(19)36-25(16)17-8-5-4-6-9-17)27(31)28-13-12-18-14-22(34-2)23(35-3)15-21(18)29(32)33/h4-11,14-15H,12-13H2,1-3H3,(H,28,31). The number of benzene rings is 3. The highest BCUT2D eigenvalue weighted by atomic mass is 16.6. The summed E-state index contributed by atoms with van der Waals surface area (Å²) in [5, 5.41) is 14.6. The summed E-state index contributed by atoms with van der Waals surface area (Å²) in [6.45, 7) is 1.80. The molecule has 1 aromatic heterocycles. The summed E-state index contributed by atoms with van der Waals surface area (Å²) in [6.07, 6.45) is 0.172. The summed E-state index contributed by atoms with van der Waals surface area (Å²) >= 11 is 0. The molecule has 0 atom stereocenters. The lowest BCUT2D eigenvalue weighted by molar-refractivity contribution is -0.385. The largest absolute Gasteiger partial charge is 0.493 e. The molecule has 4 aromatic rings. The third-order valence-electron chi connectivity index (χ3n) is 5.89. The molecular formula is C27H24N2O7. The van der Waals surface area contributed by atoms with Gasteiger partial charge in [-0.1, -0.05) is 36.4 Å². The molecule has 1 N–H and O–H groups in total. The number of methoxy groups -OCH3 is 2. The van der Waals surface area contributed by atoms with Gasteiger partial charge in [0.25, 0.3) is 11.6 Å². The van der Waals surface area contributed by atoms with Crippen LogP contribution in [0.15, 0.2) is 69.9 Å². The maximum Gasteiger partial charge on any atom is 0.276 e. The van der Waals surface area contributed by atoms with Gasteiger partial charge < -0.3 is 19.2 Å². The Morgan fingerprint density at radius 1 is 1.03 bits per heavy atom. The third-order valence-corrected chi connectivity index (χ3v) is 5.89. The van der Waals surface area contributed by atoms with Crippen molar-refractivity contribution in [3.05, 3.63) is 97.7 Å². The van der Waals surface area contributed by atoms with E-state index >= 15 is 0 Å². The zero-order valence-corrected chi connectivity index (χ0v) is 20.0. The predicted molar refractivity (Wildman–Crippen MR) is 135 cm³/mol. The monoisotopic (exact) mass is 488 g/mol. The SMILES string of the molecule is COc1cc(CCNC(=O)c2cccc3c(=O)c(C)c(-c4ccccc4)oc23)c([N+](=O)[O-])cc1OC. The zero-order valence-electron chi connectivity index (χ0n) is 20.0. The van der Waals surface area contributed by atoms with Crippen LogP contribution in [0.2, 0.25) is 0 Å². The second kappa shape index (κ2) is 10.3. The maximum absolute atomic E-state index is 13.1. The van der Waals surface area contributed by atoms with Gasteiger partial charge in [-0.15, -0.1) is 0 Å². The lowest BCUT2D eigenvalue weighted by Crippen LogP contribution is -2.26. The molecule has 0 saturated carbocycles. The average Bonchev–Trinajstić information content (AvgIpc) is 2.90. The Hall–Kier alpha value is -4.66. The van der Waals surface area contributed by atoms with Crippen LogP contribution in [-0.2, 0) is 6.42 Å². The molecule has 184 valence electrons. The summed E-state index contributed by atoms with van der Waals surface area (Å²) < 4.78 is 16.5.